The zero-order valence-electron chi connectivity index (χ0n) is 7.72. The maximum Gasteiger partial charge on any atom is 0.00410 e. The van der Waals surface area contributed by atoms with Gasteiger partial charge in [-0.15, -0.1) is 0 Å². The average molecular weight is 161 g/mol. The van der Waals surface area contributed by atoms with Crippen molar-refractivity contribution in [1.29, 1.82) is 0 Å². The second kappa shape index (κ2) is 3.96. The molecule has 0 saturated heterocycles. The van der Waals surface area contributed by atoms with Crippen molar-refractivity contribution >= 4 is 12.8 Å². The van der Waals surface area contributed by atoms with E-state index in [4.69, 9.17) is 0 Å². The van der Waals surface area contributed by atoms with E-state index in [2.05, 4.69) is 37.0 Å². The van der Waals surface area contributed by atoms with Crippen LogP contribution in [0.4, 0.5) is 0 Å². The molecular formula is C11H15N. The van der Waals surface area contributed by atoms with Crippen LogP contribution in [-0.4, -0.2) is 7.05 Å². The Balaban J connectivity index is 3.22. The highest BCUT2D eigenvalue weighted by atomic mass is 14.8. The number of benzene rings is 1. The molecule has 64 valence electrons. The highest BCUT2D eigenvalue weighted by Gasteiger charge is 1.87. The molecular weight excluding hydrogens is 146 g/mol. The topological polar surface area (TPSA) is 12.0 Å². The number of nitrogens with one attached hydrogen (secondary N) is 1. The Kier molecular flexibility index (Phi) is 2.92. The first-order chi connectivity index (χ1) is 5.77. The summed E-state index contributed by atoms with van der Waals surface area (Å²) in [6, 6.07) is 6.36. The highest BCUT2D eigenvalue weighted by molar-refractivity contribution is 5.28. The molecule has 1 nitrogen and oxygen atoms in total. The summed E-state index contributed by atoms with van der Waals surface area (Å²) in [5.41, 5.74) is 1.34. The van der Waals surface area contributed by atoms with Gasteiger partial charge in [-0.2, -0.15) is 0 Å². The summed E-state index contributed by atoms with van der Waals surface area (Å²) in [7, 11) is 1.90. The van der Waals surface area contributed by atoms with Crippen molar-refractivity contribution in [2.75, 3.05) is 7.05 Å². The van der Waals surface area contributed by atoms with Gasteiger partial charge in [0.1, 0.15) is 0 Å². The van der Waals surface area contributed by atoms with E-state index in [1.165, 1.54) is 5.56 Å². The predicted molar refractivity (Wildman–Crippen MR) is 54.1 cm³/mol. The maximum absolute atomic E-state index is 3.98. The first-order valence-electron chi connectivity index (χ1n) is 4.23. The normalized spacial score (nSPS) is 11.7. The van der Waals surface area contributed by atoms with E-state index < -0.39 is 0 Å². The van der Waals surface area contributed by atoms with Crippen molar-refractivity contribution in [2.45, 2.75) is 13.3 Å². The molecule has 0 amide bonds. The van der Waals surface area contributed by atoms with Gasteiger partial charge in [-0.25, -0.2) is 0 Å². The maximum atomic E-state index is 3.98. The molecule has 0 heterocycles. The summed E-state index contributed by atoms with van der Waals surface area (Å²) >= 11 is 0. The SMILES string of the molecule is C=c1cc(CC)cc/c1=C/NC. The van der Waals surface area contributed by atoms with Gasteiger partial charge in [0.05, 0.1) is 0 Å². The molecule has 0 radical (unpaired) electrons. The zero-order chi connectivity index (χ0) is 8.97. The first kappa shape index (κ1) is 8.85. The average Bonchev–Trinajstić information content (AvgIpc) is 2.09. The fourth-order valence-electron chi connectivity index (χ4n) is 1.18. The second-order valence-electron chi connectivity index (χ2n) is 2.82. The van der Waals surface area contributed by atoms with Crippen molar-refractivity contribution in [3.63, 3.8) is 0 Å². The van der Waals surface area contributed by atoms with Gasteiger partial charge < -0.3 is 5.32 Å². The minimum absolute atomic E-state index is 1.07. The van der Waals surface area contributed by atoms with E-state index in [0.717, 1.165) is 16.9 Å². The van der Waals surface area contributed by atoms with Crippen LogP contribution in [0.2, 0.25) is 0 Å². The molecule has 0 aliphatic heterocycles. The summed E-state index contributed by atoms with van der Waals surface area (Å²) in [5, 5.41) is 5.25. The van der Waals surface area contributed by atoms with Gasteiger partial charge in [-0.3, -0.25) is 0 Å². The van der Waals surface area contributed by atoms with E-state index in [9.17, 15) is 0 Å². The Labute approximate surface area is 73.4 Å². The summed E-state index contributed by atoms with van der Waals surface area (Å²) in [5.74, 6) is 0. The Morgan fingerprint density at radius 2 is 2.25 bits per heavy atom. The van der Waals surface area contributed by atoms with Crippen LogP contribution >= 0.6 is 0 Å². The van der Waals surface area contributed by atoms with E-state index in [0.29, 0.717) is 0 Å². The second-order valence-corrected chi connectivity index (χ2v) is 2.82. The van der Waals surface area contributed by atoms with E-state index in [1.807, 2.05) is 13.2 Å². The Hall–Kier alpha value is -1.24. The number of hydrogen-bond acceptors (Lipinski definition) is 1. The zero-order valence-corrected chi connectivity index (χ0v) is 7.72. The van der Waals surface area contributed by atoms with E-state index in [1.54, 1.807) is 0 Å². The van der Waals surface area contributed by atoms with Crippen molar-refractivity contribution in [1.82, 2.24) is 5.32 Å². The minimum Gasteiger partial charge on any atom is -0.393 e. The Bertz CT molecular complexity index is 352. The summed E-state index contributed by atoms with van der Waals surface area (Å²) in [6.45, 7) is 6.13. The lowest BCUT2D eigenvalue weighted by Crippen LogP contribution is -2.25. The van der Waals surface area contributed by atoms with Crippen LogP contribution < -0.4 is 15.8 Å². The lowest BCUT2D eigenvalue weighted by atomic mass is 10.1. The molecule has 0 aliphatic rings. The standard InChI is InChI=1S/C11H15N/c1-4-10-5-6-11(8-12-3)9(2)7-10/h5-8,12H,2,4H2,1,3H3/b11-8-. The molecule has 1 aromatic carbocycles. The molecule has 0 bridgehead atoms. The molecule has 1 rings (SSSR count). The van der Waals surface area contributed by atoms with Crippen molar-refractivity contribution < 1.29 is 0 Å². The molecule has 0 unspecified atom stereocenters. The fraction of sp³-hybridized carbons (Fsp3) is 0.273. The van der Waals surface area contributed by atoms with Crippen LogP contribution in [0, 0.1) is 0 Å². The molecule has 0 aliphatic carbocycles. The van der Waals surface area contributed by atoms with Gasteiger partial charge in [-0.1, -0.05) is 31.7 Å². The fourth-order valence-corrected chi connectivity index (χ4v) is 1.18. The van der Waals surface area contributed by atoms with Gasteiger partial charge >= 0.3 is 0 Å². The van der Waals surface area contributed by atoms with E-state index >= 15 is 0 Å². The minimum atomic E-state index is 1.07. The molecule has 0 fully saturated rings. The number of rotatable bonds is 2. The van der Waals surface area contributed by atoms with Crippen LogP contribution in [0.1, 0.15) is 12.5 Å². The Morgan fingerprint density at radius 3 is 2.75 bits per heavy atom. The lowest BCUT2D eigenvalue weighted by Gasteiger charge is -1.95. The van der Waals surface area contributed by atoms with Crippen LogP contribution in [-0.2, 0) is 6.42 Å². The van der Waals surface area contributed by atoms with Crippen molar-refractivity contribution in [3.8, 4) is 0 Å². The molecule has 12 heavy (non-hydrogen) atoms. The van der Waals surface area contributed by atoms with Gasteiger partial charge in [-0.05, 0) is 22.4 Å². The van der Waals surface area contributed by atoms with Crippen LogP contribution in [0.15, 0.2) is 18.2 Å². The predicted octanol–water partition coefficient (Wildman–Crippen LogP) is 0.617. The molecule has 0 atom stereocenters. The van der Waals surface area contributed by atoms with Crippen LogP contribution in [0.3, 0.4) is 0 Å². The molecule has 1 N–H and O–H groups in total. The van der Waals surface area contributed by atoms with Gasteiger partial charge in [0.25, 0.3) is 0 Å². The number of hydrogen-bond donors (Lipinski definition) is 1. The van der Waals surface area contributed by atoms with E-state index in [-0.39, 0.29) is 0 Å². The molecule has 1 aromatic rings. The molecule has 1 heteroatoms. The molecule has 0 saturated carbocycles. The first-order valence-corrected chi connectivity index (χ1v) is 4.23. The summed E-state index contributed by atoms with van der Waals surface area (Å²) in [4.78, 5) is 0. The van der Waals surface area contributed by atoms with Crippen LogP contribution in [0.5, 0.6) is 0 Å². The van der Waals surface area contributed by atoms with Gasteiger partial charge in [0, 0.05) is 13.2 Å². The third kappa shape index (κ3) is 1.88. The Morgan fingerprint density at radius 1 is 1.50 bits per heavy atom. The molecule has 0 spiro atoms. The highest BCUT2D eigenvalue weighted by Crippen LogP contribution is 1.91. The quantitative estimate of drug-likeness (QED) is 0.670. The van der Waals surface area contributed by atoms with Gasteiger partial charge in [0.15, 0.2) is 0 Å². The van der Waals surface area contributed by atoms with Crippen molar-refractivity contribution in [3.05, 3.63) is 34.2 Å². The molecule has 0 aromatic heterocycles. The number of aryl methyl sites for hydroxylation is 1. The monoisotopic (exact) mass is 161 g/mol. The third-order valence-electron chi connectivity index (χ3n) is 1.92. The lowest BCUT2D eigenvalue weighted by molar-refractivity contribution is 1.12. The van der Waals surface area contributed by atoms with Crippen molar-refractivity contribution in [2.24, 2.45) is 0 Å². The van der Waals surface area contributed by atoms with Gasteiger partial charge in [0.2, 0.25) is 0 Å². The van der Waals surface area contributed by atoms with Crippen LogP contribution in [0.25, 0.3) is 12.8 Å². The largest absolute Gasteiger partial charge is 0.393 e. The summed E-state index contributed by atoms with van der Waals surface area (Å²) < 4.78 is 0. The summed E-state index contributed by atoms with van der Waals surface area (Å²) in [6.07, 6.45) is 3.03. The smallest absolute Gasteiger partial charge is 0.00410 e. The third-order valence-corrected chi connectivity index (χ3v) is 1.92.